The Kier molecular flexibility index (Phi) is 3.21. The molecule has 4 amide bonds. The summed E-state index contributed by atoms with van der Waals surface area (Å²) in [6.07, 6.45) is -0.852. The SMILES string of the molecule is O=C(O)Nc1cc2c3c(cccc3c1)C(=O)N2C1CCC(=O)NC1=O. The molecule has 2 aliphatic heterocycles. The maximum Gasteiger partial charge on any atom is 0.409 e. The number of carboxylic acid groups (broad SMARTS) is 1. The molecule has 1 unspecified atom stereocenters. The molecule has 0 bridgehead atoms. The van der Waals surface area contributed by atoms with E-state index in [0.717, 1.165) is 0 Å². The van der Waals surface area contributed by atoms with Crippen LogP contribution in [0.25, 0.3) is 10.8 Å². The third-order valence-corrected chi connectivity index (χ3v) is 4.44. The normalized spacial score (nSPS) is 19.3. The van der Waals surface area contributed by atoms with Crippen molar-refractivity contribution in [2.24, 2.45) is 0 Å². The van der Waals surface area contributed by atoms with Crippen LogP contribution in [0, 0.1) is 0 Å². The molecule has 8 heteroatoms. The lowest BCUT2D eigenvalue weighted by Gasteiger charge is -2.30. The summed E-state index contributed by atoms with van der Waals surface area (Å²) in [6.45, 7) is 0. The van der Waals surface area contributed by atoms with E-state index in [1.54, 1.807) is 24.3 Å². The molecule has 1 atom stereocenters. The van der Waals surface area contributed by atoms with Crippen LogP contribution >= 0.6 is 0 Å². The molecule has 2 aromatic carbocycles. The molecule has 1 fully saturated rings. The maximum absolute atomic E-state index is 12.9. The molecule has 2 aliphatic rings. The van der Waals surface area contributed by atoms with Gasteiger partial charge in [-0.05, 0) is 30.0 Å². The number of hydrogen-bond acceptors (Lipinski definition) is 4. The van der Waals surface area contributed by atoms with Gasteiger partial charge in [-0.25, -0.2) is 4.79 Å². The Morgan fingerprint density at radius 3 is 2.76 bits per heavy atom. The molecule has 126 valence electrons. The van der Waals surface area contributed by atoms with Crippen molar-refractivity contribution in [3.63, 3.8) is 0 Å². The Morgan fingerprint density at radius 1 is 1.24 bits per heavy atom. The molecule has 3 N–H and O–H groups in total. The smallest absolute Gasteiger partial charge is 0.409 e. The highest BCUT2D eigenvalue weighted by Crippen LogP contribution is 2.41. The Balaban J connectivity index is 1.87. The van der Waals surface area contributed by atoms with E-state index in [0.29, 0.717) is 27.7 Å². The van der Waals surface area contributed by atoms with Crippen molar-refractivity contribution in [3.05, 3.63) is 35.9 Å². The van der Waals surface area contributed by atoms with Gasteiger partial charge in [-0.3, -0.25) is 29.9 Å². The summed E-state index contributed by atoms with van der Waals surface area (Å²) in [5, 5.41) is 14.9. The second-order valence-corrected chi connectivity index (χ2v) is 5.97. The molecule has 0 aromatic heterocycles. The van der Waals surface area contributed by atoms with Crippen molar-refractivity contribution in [2.45, 2.75) is 18.9 Å². The molecular formula is C17H13N3O5. The lowest BCUT2D eigenvalue weighted by molar-refractivity contribution is -0.134. The molecule has 1 saturated heterocycles. The van der Waals surface area contributed by atoms with E-state index in [1.165, 1.54) is 11.0 Å². The van der Waals surface area contributed by atoms with Crippen molar-refractivity contribution in [3.8, 4) is 0 Å². The van der Waals surface area contributed by atoms with E-state index < -0.39 is 18.0 Å². The number of nitrogens with zero attached hydrogens (tertiary/aromatic N) is 1. The zero-order valence-electron chi connectivity index (χ0n) is 12.9. The fourth-order valence-electron chi connectivity index (χ4n) is 3.45. The monoisotopic (exact) mass is 339 g/mol. The number of piperidine rings is 1. The van der Waals surface area contributed by atoms with E-state index in [1.807, 2.05) is 0 Å². The summed E-state index contributed by atoms with van der Waals surface area (Å²) in [7, 11) is 0. The number of hydrogen-bond donors (Lipinski definition) is 3. The summed E-state index contributed by atoms with van der Waals surface area (Å²) in [5.41, 5.74) is 1.23. The molecule has 2 aromatic rings. The van der Waals surface area contributed by atoms with E-state index in [4.69, 9.17) is 5.11 Å². The van der Waals surface area contributed by atoms with Gasteiger partial charge in [0, 0.05) is 23.1 Å². The average molecular weight is 339 g/mol. The van der Waals surface area contributed by atoms with Crippen LogP contribution in [0.5, 0.6) is 0 Å². The number of amides is 4. The van der Waals surface area contributed by atoms with E-state index in [2.05, 4.69) is 10.6 Å². The predicted molar refractivity (Wildman–Crippen MR) is 88.6 cm³/mol. The first-order valence-electron chi connectivity index (χ1n) is 7.69. The number of carbonyl (C=O) groups is 4. The summed E-state index contributed by atoms with van der Waals surface area (Å²) in [4.78, 5) is 48.8. The van der Waals surface area contributed by atoms with Gasteiger partial charge < -0.3 is 5.11 Å². The third kappa shape index (κ3) is 2.30. The van der Waals surface area contributed by atoms with Crippen LogP contribution in [0.2, 0.25) is 0 Å². The van der Waals surface area contributed by atoms with Crippen molar-refractivity contribution in [1.29, 1.82) is 0 Å². The highest BCUT2D eigenvalue weighted by Gasteiger charge is 2.40. The molecule has 2 heterocycles. The summed E-state index contributed by atoms with van der Waals surface area (Å²) < 4.78 is 0. The predicted octanol–water partition coefficient (Wildman–Crippen LogP) is 1.70. The average Bonchev–Trinajstić information content (AvgIpc) is 2.81. The first-order valence-corrected chi connectivity index (χ1v) is 7.69. The third-order valence-electron chi connectivity index (χ3n) is 4.44. The molecule has 0 saturated carbocycles. The molecule has 0 spiro atoms. The minimum atomic E-state index is -1.22. The Morgan fingerprint density at radius 2 is 2.04 bits per heavy atom. The van der Waals surface area contributed by atoms with Crippen molar-refractivity contribution in [1.82, 2.24) is 5.32 Å². The standard InChI is InChI=1S/C17H13N3O5/c21-13-5-4-11(15(22)19-13)20-12-7-9(18-17(24)25)6-8-2-1-3-10(14(8)12)16(20)23/h1-3,6-7,11,18H,4-5H2,(H,24,25)(H,19,21,22). The molecular weight excluding hydrogens is 326 g/mol. The van der Waals surface area contributed by atoms with Crippen molar-refractivity contribution < 1.29 is 24.3 Å². The second kappa shape index (κ2) is 5.30. The fraction of sp³-hybridized carbons (Fsp3) is 0.176. The molecule has 0 radical (unpaired) electrons. The van der Waals surface area contributed by atoms with Gasteiger partial charge in [0.1, 0.15) is 6.04 Å². The van der Waals surface area contributed by atoms with Gasteiger partial charge in [-0.1, -0.05) is 12.1 Å². The maximum atomic E-state index is 12.9. The second-order valence-electron chi connectivity index (χ2n) is 5.97. The van der Waals surface area contributed by atoms with Crippen LogP contribution in [-0.4, -0.2) is 35.0 Å². The van der Waals surface area contributed by atoms with Crippen LogP contribution in [-0.2, 0) is 9.59 Å². The van der Waals surface area contributed by atoms with Gasteiger partial charge in [0.25, 0.3) is 5.91 Å². The Hall–Kier alpha value is -3.42. The first-order chi connectivity index (χ1) is 12.0. The number of imide groups is 1. The highest BCUT2D eigenvalue weighted by atomic mass is 16.4. The van der Waals surface area contributed by atoms with Gasteiger partial charge >= 0.3 is 6.09 Å². The van der Waals surface area contributed by atoms with Gasteiger partial charge in [-0.15, -0.1) is 0 Å². The van der Waals surface area contributed by atoms with Crippen LogP contribution in [0.1, 0.15) is 23.2 Å². The fourth-order valence-corrected chi connectivity index (χ4v) is 3.45. The minimum Gasteiger partial charge on any atom is -0.465 e. The number of benzene rings is 2. The van der Waals surface area contributed by atoms with Crippen LogP contribution in [0.4, 0.5) is 16.2 Å². The van der Waals surface area contributed by atoms with Gasteiger partial charge in [-0.2, -0.15) is 0 Å². The number of carbonyl (C=O) groups excluding carboxylic acids is 3. The summed E-state index contributed by atoms with van der Waals surface area (Å²) in [6, 6.07) is 7.52. The summed E-state index contributed by atoms with van der Waals surface area (Å²) >= 11 is 0. The molecule has 0 aliphatic carbocycles. The zero-order valence-corrected chi connectivity index (χ0v) is 12.9. The van der Waals surface area contributed by atoms with Crippen molar-refractivity contribution in [2.75, 3.05) is 10.2 Å². The highest BCUT2D eigenvalue weighted by molar-refractivity contribution is 6.27. The van der Waals surface area contributed by atoms with Crippen LogP contribution in [0.15, 0.2) is 30.3 Å². The molecule has 8 nitrogen and oxygen atoms in total. The van der Waals surface area contributed by atoms with Gasteiger partial charge in [0.05, 0.1) is 5.69 Å². The Labute approximate surface area is 141 Å². The summed E-state index contributed by atoms with van der Waals surface area (Å²) in [5.74, 6) is -1.22. The molecule has 4 rings (SSSR count). The topological polar surface area (TPSA) is 116 Å². The van der Waals surface area contributed by atoms with Crippen LogP contribution in [0.3, 0.4) is 0 Å². The minimum absolute atomic E-state index is 0.146. The van der Waals surface area contributed by atoms with Gasteiger partial charge in [0.15, 0.2) is 0 Å². The number of nitrogens with one attached hydrogen (secondary N) is 2. The zero-order chi connectivity index (χ0) is 17.7. The van der Waals surface area contributed by atoms with Gasteiger partial charge in [0.2, 0.25) is 11.8 Å². The van der Waals surface area contributed by atoms with Crippen molar-refractivity contribution >= 4 is 46.0 Å². The molecule has 25 heavy (non-hydrogen) atoms. The number of anilines is 2. The number of rotatable bonds is 2. The quantitative estimate of drug-likeness (QED) is 0.720. The largest absolute Gasteiger partial charge is 0.465 e. The Bertz CT molecular complexity index is 968. The van der Waals surface area contributed by atoms with E-state index in [-0.39, 0.29) is 24.7 Å². The first kappa shape index (κ1) is 15.1. The van der Waals surface area contributed by atoms with E-state index >= 15 is 0 Å². The van der Waals surface area contributed by atoms with Crippen LogP contribution < -0.4 is 15.5 Å². The lowest BCUT2D eigenvalue weighted by atomic mass is 10.0. The van der Waals surface area contributed by atoms with E-state index in [9.17, 15) is 19.2 Å². The lowest BCUT2D eigenvalue weighted by Crippen LogP contribution is -2.53.